The highest BCUT2D eigenvalue weighted by molar-refractivity contribution is 7.99. The maximum atomic E-state index is 13.4. The molecule has 3 atom stereocenters. The van der Waals surface area contributed by atoms with Gasteiger partial charge in [-0.25, -0.2) is 4.79 Å². The maximum absolute atomic E-state index is 13.4. The molecular formula is C32H38N2O4S2. The first-order chi connectivity index (χ1) is 19.4. The van der Waals surface area contributed by atoms with E-state index < -0.39 is 12.0 Å². The van der Waals surface area contributed by atoms with Crippen molar-refractivity contribution in [2.75, 3.05) is 31.4 Å². The summed E-state index contributed by atoms with van der Waals surface area (Å²) in [4.78, 5) is 27.7. The molecule has 0 unspecified atom stereocenters. The minimum Gasteiger partial charge on any atom is -0.492 e. The number of hydrogen-bond acceptors (Lipinski definition) is 6. The van der Waals surface area contributed by atoms with Crippen molar-refractivity contribution >= 4 is 35.4 Å². The molecule has 1 heterocycles. The van der Waals surface area contributed by atoms with E-state index in [1.54, 1.807) is 11.8 Å². The van der Waals surface area contributed by atoms with Crippen LogP contribution in [0.4, 0.5) is 0 Å². The first-order valence-corrected chi connectivity index (χ1v) is 16.2. The van der Waals surface area contributed by atoms with E-state index >= 15 is 0 Å². The molecular weight excluding hydrogens is 540 g/mol. The molecule has 0 bridgehead atoms. The first kappa shape index (κ1) is 30.0. The number of benzene rings is 3. The number of aryl methyl sites for hydroxylation is 1. The fourth-order valence-electron chi connectivity index (χ4n) is 5.13. The lowest BCUT2D eigenvalue weighted by Crippen LogP contribution is -2.41. The number of aliphatic carboxylic acids is 1. The van der Waals surface area contributed by atoms with Crippen LogP contribution in [0.3, 0.4) is 0 Å². The quantitative estimate of drug-likeness (QED) is 0.258. The molecule has 3 aromatic carbocycles. The third kappa shape index (κ3) is 7.83. The molecule has 0 aromatic heterocycles. The molecule has 8 heteroatoms. The normalized spacial score (nSPS) is 17.9. The predicted octanol–water partition coefficient (Wildman–Crippen LogP) is 5.98. The Kier molecular flexibility index (Phi) is 11.0. The van der Waals surface area contributed by atoms with Gasteiger partial charge < -0.3 is 15.2 Å². The summed E-state index contributed by atoms with van der Waals surface area (Å²) < 4.78 is 6.14. The van der Waals surface area contributed by atoms with E-state index in [1.165, 1.54) is 0 Å². The Morgan fingerprint density at radius 2 is 1.80 bits per heavy atom. The number of carboxylic acids is 1. The lowest BCUT2D eigenvalue weighted by Gasteiger charge is -2.25. The number of nitrogens with one attached hydrogen (secondary N) is 1. The van der Waals surface area contributed by atoms with Gasteiger partial charge in [0.1, 0.15) is 18.4 Å². The zero-order chi connectivity index (χ0) is 28.5. The average Bonchev–Trinajstić information content (AvgIpc) is 3.36. The molecule has 0 spiro atoms. The first-order valence-electron chi connectivity index (χ1n) is 13.6. The number of rotatable bonds is 13. The maximum Gasteiger partial charge on any atom is 0.326 e. The van der Waals surface area contributed by atoms with Gasteiger partial charge in [-0.05, 0) is 84.5 Å². The molecule has 1 aliphatic rings. The monoisotopic (exact) mass is 578 g/mol. The molecule has 0 radical (unpaired) electrons. The van der Waals surface area contributed by atoms with Crippen LogP contribution in [0.15, 0.2) is 72.8 Å². The number of amides is 1. The van der Waals surface area contributed by atoms with Crippen LogP contribution in [0.1, 0.15) is 34.3 Å². The van der Waals surface area contributed by atoms with Gasteiger partial charge in [0.05, 0.1) is 0 Å². The number of thioether (sulfide) groups is 2. The van der Waals surface area contributed by atoms with Crippen molar-refractivity contribution in [3.8, 4) is 16.9 Å². The molecule has 0 aliphatic carbocycles. The van der Waals surface area contributed by atoms with Gasteiger partial charge in [-0.3, -0.25) is 9.69 Å². The minimum atomic E-state index is -1.02. The number of nitrogens with zero attached hydrogens (tertiary/aromatic N) is 1. The van der Waals surface area contributed by atoms with Crippen LogP contribution in [-0.4, -0.2) is 70.6 Å². The number of ether oxygens (including phenoxy) is 1. The third-order valence-corrected chi connectivity index (χ3v) is 9.02. The lowest BCUT2D eigenvalue weighted by atomic mass is 9.93. The van der Waals surface area contributed by atoms with E-state index in [0.29, 0.717) is 29.6 Å². The molecule has 212 valence electrons. The van der Waals surface area contributed by atoms with Crippen molar-refractivity contribution in [1.29, 1.82) is 0 Å². The zero-order valence-electron chi connectivity index (χ0n) is 23.3. The molecule has 40 heavy (non-hydrogen) atoms. The van der Waals surface area contributed by atoms with Gasteiger partial charge in [-0.1, -0.05) is 48.5 Å². The Morgan fingerprint density at radius 1 is 1.05 bits per heavy atom. The number of hydrogen-bond donors (Lipinski definition) is 2. The number of para-hydroxylation sites is 1. The number of carbonyl (C=O) groups excluding carboxylic acids is 1. The molecule has 3 aromatic rings. The molecule has 6 nitrogen and oxygen atoms in total. The van der Waals surface area contributed by atoms with Crippen LogP contribution in [0.25, 0.3) is 11.1 Å². The SMILES string of the molecule is CSCC[C@H](NC(=O)c1ccc(CN2C[C@H](SC)C[C@@H]2COc2ccccc2)cc1-c1ccccc1C)C(=O)O. The van der Waals surface area contributed by atoms with Crippen LogP contribution in [0, 0.1) is 6.92 Å². The van der Waals surface area contributed by atoms with Crippen LogP contribution >= 0.6 is 23.5 Å². The second kappa shape index (κ2) is 14.6. The van der Waals surface area contributed by atoms with Gasteiger partial charge in [0.25, 0.3) is 5.91 Å². The summed E-state index contributed by atoms with van der Waals surface area (Å²) in [6.45, 7) is 4.37. The summed E-state index contributed by atoms with van der Waals surface area (Å²) in [5, 5.41) is 13.0. The van der Waals surface area contributed by atoms with Crippen molar-refractivity contribution < 1.29 is 19.4 Å². The van der Waals surface area contributed by atoms with Gasteiger partial charge in [-0.2, -0.15) is 23.5 Å². The minimum absolute atomic E-state index is 0.287. The lowest BCUT2D eigenvalue weighted by molar-refractivity contribution is -0.139. The van der Waals surface area contributed by atoms with Gasteiger partial charge in [0, 0.05) is 29.9 Å². The van der Waals surface area contributed by atoms with Gasteiger partial charge >= 0.3 is 5.97 Å². The summed E-state index contributed by atoms with van der Waals surface area (Å²) in [6.07, 6.45) is 5.52. The van der Waals surface area contributed by atoms with E-state index in [1.807, 2.05) is 91.7 Å². The fourth-order valence-corrected chi connectivity index (χ4v) is 6.36. The Hall–Kier alpha value is -2.94. The Bertz CT molecular complexity index is 1290. The predicted molar refractivity (Wildman–Crippen MR) is 167 cm³/mol. The summed E-state index contributed by atoms with van der Waals surface area (Å²) in [7, 11) is 0. The van der Waals surface area contributed by atoms with Crippen molar-refractivity contribution in [2.24, 2.45) is 0 Å². The number of likely N-dealkylation sites (tertiary alicyclic amines) is 1. The van der Waals surface area contributed by atoms with Crippen molar-refractivity contribution in [1.82, 2.24) is 10.2 Å². The van der Waals surface area contributed by atoms with E-state index in [0.717, 1.165) is 47.5 Å². The van der Waals surface area contributed by atoms with E-state index in [2.05, 4.69) is 22.5 Å². The highest BCUT2D eigenvalue weighted by Gasteiger charge is 2.32. The van der Waals surface area contributed by atoms with Crippen LogP contribution in [0.5, 0.6) is 5.75 Å². The standard InChI is InChI=1S/C32H38N2O4S2/c1-22-9-7-8-12-27(22)29-17-23(13-14-28(29)31(35)33-30(32(36)37)15-16-39-2)19-34-20-26(40-3)18-24(34)21-38-25-10-5-4-6-11-25/h4-14,17,24,26,30H,15-16,18-21H2,1-3H3,(H,33,35)(H,36,37)/t24-,26-,30+/m1/s1. The third-order valence-electron chi connectivity index (χ3n) is 7.37. The topological polar surface area (TPSA) is 78.9 Å². The van der Waals surface area contributed by atoms with E-state index in [-0.39, 0.29) is 11.9 Å². The highest BCUT2D eigenvalue weighted by Crippen LogP contribution is 2.32. The van der Waals surface area contributed by atoms with Crippen LogP contribution in [0.2, 0.25) is 0 Å². The molecule has 1 saturated heterocycles. The molecule has 0 saturated carbocycles. The molecule has 2 N–H and O–H groups in total. The van der Waals surface area contributed by atoms with Gasteiger partial charge in [-0.15, -0.1) is 0 Å². The van der Waals surface area contributed by atoms with Crippen LogP contribution < -0.4 is 10.1 Å². The van der Waals surface area contributed by atoms with Crippen molar-refractivity contribution in [3.05, 3.63) is 89.5 Å². The summed E-state index contributed by atoms with van der Waals surface area (Å²) in [5.74, 6) is 0.154. The zero-order valence-corrected chi connectivity index (χ0v) is 25.0. The van der Waals surface area contributed by atoms with E-state index in [4.69, 9.17) is 4.74 Å². The molecule has 4 rings (SSSR count). The summed E-state index contributed by atoms with van der Waals surface area (Å²) in [6, 6.07) is 23.2. The smallest absolute Gasteiger partial charge is 0.326 e. The summed E-state index contributed by atoms with van der Waals surface area (Å²) >= 11 is 3.46. The van der Waals surface area contributed by atoms with Gasteiger partial charge in [0.15, 0.2) is 0 Å². The fraction of sp³-hybridized carbons (Fsp3) is 0.375. The Labute approximate surface area is 245 Å². The largest absolute Gasteiger partial charge is 0.492 e. The van der Waals surface area contributed by atoms with Crippen molar-refractivity contribution in [3.63, 3.8) is 0 Å². The van der Waals surface area contributed by atoms with E-state index in [9.17, 15) is 14.7 Å². The summed E-state index contributed by atoms with van der Waals surface area (Å²) in [5.41, 5.74) is 4.44. The molecule has 1 amide bonds. The Morgan fingerprint density at radius 3 is 2.50 bits per heavy atom. The van der Waals surface area contributed by atoms with Gasteiger partial charge in [0.2, 0.25) is 0 Å². The molecule has 1 fully saturated rings. The van der Waals surface area contributed by atoms with Crippen LogP contribution in [-0.2, 0) is 11.3 Å². The highest BCUT2D eigenvalue weighted by atomic mass is 32.2. The van der Waals surface area contributed by atoms with Crippen molar-refractivity contribution in [2.45, 2.75) is 43.6 Å². The number of carboxylic acid groups (broad SMARTS) is 1. The number of carbonyl (C=O) groups is 2. The molecule has 1 aliphatic heterocycles. The Balaban J connectivity index is 1.59. The second-order valence-corrected chi connectivity index (χ2v) is 12.3. The average molecular weight is 579 g/mol. The second-order valence-electron chi connectivity index (χ2n) is 10.1.